The summed E-state index contributed by atoms with van der Waals surface area (Å²) in [6.07, 6.45) is 4.79. The van der Waals surface area contributed by atoms with Crippen LogP contribution < -0.4 is 5.32 Å². The quantitative estimate of drug-likeness (QED) is 0.567. The fraction of sp³-hybridized carbons (Fsp3) is 0. The Balaban J connectivity index is 1.81. The number of carbonyl (C=O) groups is 1. The van der Waals surface area contributed by atoms with Gasteiger partial charge in [-0.1, -0.05) is 22.0 Å². The van der Waals surface area contributed by atoms with Crippen molar-refractivity contribution in [1.82, 2.24) is 19.9 Å². The van der Waals surface area contributed by atoms with Gasteiger partial charge in [0.1, 0.15) is 17.4 Å². The maximum absolute atomic E-state index is 12.5. The molecule has 1 amide bonds. The Bertz CT molecular complexity index is 1040. The normalized spacial score (nSPS) is 11.0. The van der Waals surface area contributed by atoms with Gasteiger partial charge >= 0.3 is 0 Å². The molecule has 0 radical (unpaired) electrons. The van der Waals surface area contributed by atoms with Gasteiger partial charge in [-0.15, -0.1) is 0 Å². The number of amides is 1. The molecule has 112 valence electrons. The maximum atomic E-state index is 12.5. The molecule has 0 unspecified atom stereocenters. The number of anilines is 1. The highest BCUT2D eigenvalue weighted by Crippen LogP contribution is 2.28. The number of imidazole rings is 1. The molecule has 2 aromatic heterocycles. The molecule has 0 bridgehead atoms. The minimum Gasteiger partial charge on any atom is -0.346 e. The fourth-order valence-electron chi connectivity index (χ4n) is 2.47. The molecule has 0 aliphatic heterocycles. The summed E-state index contributed by atoms with van der Waals surface area (Å²) in [4.78, 5) is 28.1. The topological polar surface area (TPSA) is 83.6 Å². The lowest BCUT2D eigenvalue weighted by molar-refractivity contribution is 0.102. The number of H-pyrrole nitrogens is 1. The largest absolute Gasteiger partial charge is 0.346 e. The van der Waals surface area contributed by atoms with Crippen molar-refractivity contribution in [3.8, 4) is 0 Å². The molecule has 7 heteroatoms. The first-order valence-electron chi connectivity index (χ1n) is 6.85. The van der Waals surface area contributed by atoms with Gasteiger partial charge in [-0.25, -0.2) is 15.0 Å². The number of carbonyl (C=O) groups excluding carboxylic acids is 1. The van der Waals surface area contributed by atoms with Crippen LogP contribution in [0.2, 0.25) is 0 Å². The van der Waals surface area contributed by atoms with E-state index in [1.807, 2.05) is 18.2 Å². The predicted molar refractivity (Wildman–Crippen MR) is 91.3 cm³/mol. The van der Waals surface area contributed by atoms with Gasteiger partial charge in [-0.05, 0) is 24.3 Å². The number of rotatable bonds is 2. The summed E-state index contributed by atoms with van der Waals surface area (Å²) in [5, 5.41) is 3.77. The van der Waals surface area contributed by atoms with Crippen LogP contribution in [0.4, 0.5) is 5.69 Å². The van der Waals surface area contributed by atoms with Crippen LogP contribution >= 0.6 is 15.9 Å². The first-order valence-corrected chi connectivity index (χ1v) is 7.64. The van der Waals surface area contributed by atoms with Gasteiger partial charge < -0.3 is 10.3 Å². The summed E-state index contributed by atoms with van der Waals surface area (Å²) in [7, 11) is 0. The first-order chi connectivity index (χ1) is 11.2. The highest BCUT2D eigenvalue weighted by molar-refractivity contribution is 9.10. The molecule has 4 aromatic rings. The summed E-state index contributed by atoms with van der Waals surface area (Å²) in [5.74, 6) is -0.205. The molecular formula is C16H10BrN5O. The van der Waals surface area contributed by atoms with Gasteiger partial charge in [0.05, 0.1) is 17.5 Å². The average Bonchev–Trinajstić information content (AvgIpc) is 3.05. The van der Waals surface area contributed by atoms with E-state index < -0.39 is 0 Å². The molecule has 0 saturated carbocycles. The predicted octanol–water partition coefficient (Wildman–Crippen LogP) is 3.52. The Morgan fingerprint density at radius 2 is 2.04 bits per heavy atom. The molecular weight excluding hydrogens is 358 g/mol. The van der Waals surface area contributed by atoms with Crippen molar-refractivity contribution in [1.29, 1.82) is 0 Å². The number of aromatic nitrogens is 4. The second-order valence-electron chi connectivity index (χ2n) is 4.97. The number of nitrogens with one attached hydrogen (secondary N) is 2. The number of hydrogen-bond acceptors (Lipinski definition) is 4. The van der Waals surface area contributed by atoms with E-state index in [4.69, 9.17) is 0 Å². The number of fused-ring (bicyclic) bond motifs is 3. The van der Waals surface area contributed by atoms with Gasteiger partial charge in [0, 0.05) is 21.6 Å². The van der Waals surface area contributed by atoms with Crippen molar-refractivity contribution in [2.24, 2.45) is 0 Å². The summed E-state index contributed by atoms with van der Waals surface area (Å²) < 4.78 is 0.848. The van der Waals surface area contributed by atoms with Gasteiger partial charge in [-0.2, -0.15) is 0 Å². The van der Waals surface area contributed by atoms with Crippen LogP contribution in [-0.2, 0) is 0 Å². The van der Waals surface area contributed by atoms with Crippen molar-refractivity contribution >= 4 is 49.5 Å². The Morgan fingerprint density at radius 3 is 2.91 bits per heavy atom. The van der Waals surface area contributed by atoms with E-state index in [1.54, 1.807) is 24.7 Å². The van der Waals surface area contributed by atoms with E-state index in [1.165, 1.54) is 6.33 Å². The second-order valence-corrected chi connectivity index (χ2v) is 5.89. The summed E-state index contributed by atoms with van der Waals surface area (Å²) in [5.41, 5.74) is 3.35. The third-order valence-electron chi connectivity index (χ3n) is 3.52. The Hall–Kier alpha value is -2.80. The van der Waals surface area contributed by atoms with Crippen LogP contribution in [0.1, 0.15) is 10.4 Å². The van der Waals surface area contributed by atoms with E-state index in [2.05, 4.69) is 41.2 Å². The Labute approximate surface area is 139 Å². The first kappa shape index (κ1) is 13.8. The van der Waals surface area contributed by atoms with Crippen LogP contribution in [0.25, 0.3) is 21.9 Å². The lowest BCUT2D eigenvalue weighted by Crippen LogP contribution is -2.12. The van der Waals surface area contributed by atoms with E-state index in [9.17, 15) is 4.79 Å². The average molecular weight is 368 g/mol. The minimum atomic E-state index is -0.205. The molecule has 4 rings (SSSR count). The molecule has 23 heavy (non-hydrogen) atoms. The highest BCUT2D eigenvalue weighted by Gasteiger charge is 2.13. The summed E-state index contributed by atoms with van der Waals surface area (Å²) >= 11 is 3.37. The molecule has 2 heterocycles. The number of aromatic amines is 1. The molecule has 6 nitrogen and oxygen atoms in total. The zero-order valence-corrected chi connectivity index (χ0v) is 13.3. The van der Waals surface area contributed by atoms with Crippen molar-refractivity contribution in [2.75, 3.05) is 5.32 Å². The number of halogens is 1. The van der Waals surface area contributed by atoms with Crippen LogP contribution in [0.5, 0.6) is 0 Å². The van der Waals surface area contributed by atoms with E-state index in [-0.39, 0.29) is 5.91 Å². The van der Waals surface area contributed by atoms with Crippen molar-refractivity contribution in [2.45, 2.75) is 0 Å². The Kier molecular flexibility index (Phi) is 3.27. The van der Waals surface area contributed by atoms with Crippen LogP contribution in [0.15, 0.2) is 53.7 Å². The lowest BCUT2D eigenvalue weighted by atomic mass is 10.1. The zero-order chi connectivity index (χ0) is 15.8. The van der Waals surface area contributed by atoms with Crippen molar-refractivity contribution in [3.05, 3.63) is 59.2 Å². The second kappa shape index (κ2) is 5.44. The fourth-order valence-corrected chi connectivity index (χ4v) is 2.87. The molecule has 0 spiro atoms. The standard InChI is InChI=1S/C16H10BrN5O/c17-10-3-1-2-9(4-10)16(23)22-13-5-12-11(6-18-7-19-12)14-15(13)21-8-20-14/h1-8H,(H,18,19)(H,22,23). The van der Waals surface area contributed by atoms with Gasteiger partial charge in [0.25, 0.3) is 5.91 Å². The molecule has 2 aromatic carbocycles. The van der Waals surface area contributed by atoms with Crippen LogP contribution in [0.3, 0.4) is 0 Å². The Morgan fingerprint density at radius 1 is 1.17 bits per heavy atom. The number of hydrogen-bond donors (Lipinski definition) is 2. The molecule has 2 N–H and O–H groups in total. The monoisotopic (exact) mass is 367 g/mol. The molecule has 0 aliphatic carbocycles. The van der Waals surface area contributed by atoms with E-state index in [0.717, 1.165) is 15.4 Å². The maximum Gasteiger partial charge on any atom is 0.255 e. The van der Waals surface area contributed by atoms with Crippen LogP contribution in [-0.4, -0.2) is 25.8 Å². The number of benzene rings is 2. The lowest BCUT2D eigenvalue weighted by Gasteiger charge is -2.08. The number of nitrogens with zero attached hydrogens (tertiary/aromatic N) is 3. The molecule has 0 atom stereocenters. The SMILES string of the molecule is O=C(Nc1cc2[nH]cncc2c2ncnc12)c1cccc(Br)c1. The van der Waals surface area contributed by atoms with Gasteiger partial charge in [-0.3, -0.25) is 4.79 Å². The zero-order valence-electron chi connectivity index (χ0n) is 11.7. The van der Waals surface area contributed by atoms with Crippen molar-refractivity contribution < 1.29 is 4.79 Å². The molecule has 0 aliphatic rings. The highest BCUT2D eigenvalue weighted by atomic mass is 79.9. The van der Waals surface area contributed by atoms with Gasteiger partial charge in [0.2, 0.25) is 0 Å². The van der Waals surface area contributed by atoms with Crippen LogP contribution in [0, 0.1) is 0 Å². The molecule has 0 saturated heterocycles. The summed E-state index contributed by atoms with van der Waals surface area (Å²) in [6.45, 7) is 0. The van der Waals surface area contributed by atoms with E-state index >= 15 is 0 Å². The summed E-state index contributed by atoms with van der Waals surface area (Å²) in [6, 6.07) is 9.04. The minimum absolute atomic E-state index is 0.205. The molecule has 0 fully saturated rings. The third-order valence-corrected chi connectivity index (χ3v) is 4.01. The van der Waals surface area contributed by atoms with E-state index in [0.29, 0.717) is 22.3 Å². The third kappa shape index (κ3) is 2.44. The van der Waals surface area contributed by atoms with Crippen molar-refractivity contribution in [3.63, 3.8) is 0 Å². The smallest absolute Gasteiger partial charge is 0.255 e. The van der Waals surface area contributed by atoms with Gasteiger partial charge in [0.15, 0.2) is 0 Å².